The van der Waals surface area contributed by atoms with E-state index in [0.717, 1.165) is 0 Å². The predicted molar refractivity (Wildman–Crippen MR) is 66.4 cm³/mol. The average Bonchev–Trinajstić information content (AvgIpc) is 2.37. The van der Waals surface area contributed by atoms with E-state index in [0.29, 0.717) is 10.9 Å². The fraction of sp³-hybridized carbons (Fsp3) is 0.273. The van der Waals surface area contributed by atoms with Gasteiger partial charge in [-0.25, -0.2) is 4.79 Å². The molecule has 0 saturated heterocycles. The third kappa shape index (κ3) is 2.84. The molecule has 0 aliphatic rings. The lowest BCUT2D eigenvalue weighted by atomic mass is 10.0. The number of nitrogens with zero attached hydrogens (tertiary/aromatic N) is 2. The first-order valence-electron chi connectivity index (χ1n) is 4.99. The Morgan fingerprint density at radius 2 is 2.28 bits per heavy atom. The van der Waals surface area contributed by atoms with Gasteiger partial charge in [-0.2, -0.15) is 5.26 Å². The first-order chi connectivity index (χ1) is 8.54. The Labute approximate surface area is 111 Å². The molecule has 0 aliphatic heterocycles. The van der Waals surface area contributed by atoms with Crippen molar-refractivity contribution in [1.82, 2.24) is 0 Å². The Morgan fingerprint density at radius 1 is 1.61 bits per heavy atom. The first-order valence-corrected chi connectivity index (χ1v) is 6.11. The maximum absolute atomic E-state index is 11.7. The number of halogens is 1. The van der Waals surface area contributed by atoms with Crippen LogP contribution in [0, 0.1) is 21.4 Å². The van der Waals surface area contributed by atoms with E-state index in [-0.39, 0.29) is 17.7 Å². The molecular weight excluding hydrogens is 304 g/mol. The van der Waals surface area contributed by atoms with Crippen LogP contribution < -0.4 is 0 Å². The van der Waals surface area contributed by atoms with E-state index in [1.54, 1.807) is 13.0 Å². The molecule has 0 spiro atoms. The number of carbonyl (C=O) groups is 1. The monoisotopic (exact) mass is 312 g/mol. The van der Waals surface area contributed by atoms with E-state index in [2.05, 4.69) is 15.9 Å². The molecular formula is C11H9BrN2O4. The van der Waals surface area contributed by atoms with Crippen LogP contribution in [0.3, 0.4) is 0 Å². The number of nitriles is 1. The lowest BCUT2D eigenvalue weighted by Crippen LogP contribution is -2.11. The van der Waals surface area contributed by atoms with Crippen molar-refractivity contribution in [2.75, 3.05) is 6.61 Å². The van der Waals surface area contributed by atoms with Gasteiger partial charge in [0.2, 0.25) is 0 Å². The number of nitro benzene ring substituents is 1. The molecule has 6 nitrogen and oxygen atoms in total. The number of hydrogen-bond acceptors (Lipinski definition) is 5. The molecule has 7 heteroatoms. The lowest BCUT2D eigenvalue weighted by Gasteiger charge is -2.06. The number of esters is 1. The molecule has 0 aliphatic carbocycles. The zero-order valence-electron chi connectivity index (χ0n) is 9.47. The minimum absolute atomic E-state index is 0.0582. The highest BCUT2D eigenvalue weighted by Crippen LogP contribution is 2.26. The summed E-state index contributed by atoms with van der Waals surface area (Å²) in [5.41, 5.74) is -0.223. The smallest absolute Gasteiger partial charge is 0.346 e. The van der Waals surface area contributed by atoms with E-state index >= 15 is 0 Å². The van der Waals surface area contributed by atoms with Crippen molar-refractivity contribution < 1.29 is 14.5 Å². The van der Waals surface area contributed by atoms with Crippen LogP contribution in [0.15, 0.2) is 12.1 Å². The van der Waals surface area contributed by atoms with Gasteiger partial charge >= 0.3 is 5.97 Å². The maximum Gasteiger partial charge on any atom is 0.346 e. The van der Waals surface area contributed by atoms with Crippen molar-refractivity contribution in [2.24, 2.45) is 0 Å². The Bertz CT molecular complexity index is 537. The average molecular weight is 313 g/mol. The van der Waals surface area contributed by atoms with E-state index in [4.69, 9.17) is 10.00 Å². The molecule has 0 heterocycles. The van der Waals surface area contributed by atoms with Crippen molar-refractivity contribution in [2.45, 2.75) is 12.3 Å². The molecule has 1 aromatic rings. The van der Waals surface area contributed by atoms with Gasteiger partial charge in [-0.05, 0) is 18.6 Å². The van der Waals surface area contributed by atoms with Crippen LogP contribution in [0.4, 0.5) is 5.69 Å². The fourth-order valence-corrected chi connectivity index (χ4v) is 1.74. The van der Waals surface area contributed by atoms with Gasteiger partial charge in [-0.1, -0.05) is 15.9 Å². The van der Waals surface area contributed by atoms with Crippen molar-refractivity contribution in [3.63, 3.8) is 0 Å². The van der Waals surface area contributed by atoms with E-state index < -0.39 is 16.6 Å². The van der Waals surface area contributed by atoms with E-state index in [9.17, 15) is 14.9 Å². The predicted octanol–water partition coefficient (Wildman–Crippen LogP) is 2.54. The van der Waals surface area contributed by atoms with Gasteiger partial charge in [0.15, 0.2) is 5.56 Å². The largest absolute Gasteiger partial charge is 0.462 e. The van der Waals surface area contributed by atoms with Crippen molar-refractivity contribution in [1.29, 1.82) is 5.26 Å². The van der Waals surface area contributed by atoms with Gasteiger partial charge in [-0.3, -0.25) is 10.1 Å². The molecule has 0 unspecified atom stereocenters. The van der Waals surface area contributed by atoms with Crippen molar-refractivity contribution in [3.8, 4) is 6.07 Å². The molecule has 94 valence electrons. The van der Waals surface area contributed by atoms with Crippen LogP contribution >= 0.6 is 15.9 Å². The van der Waals surface area contributed by atoms with Crippen LogP contribution in [0.1, 0.15) is 28.4 Å². The number of alkyl halides is 1. The topological polar surface area (TPSA) is 93.2 Å². The summed E-state index contributed by atoms with van der Waals surface area (Å²) in [5.74, 6) is -0.859. The number of ether oxygens (including phenoxy) is 1. The highest BCUT2D eigenvalue weighted by molar-refractivity contribution is 9.08. The standard InChI is InChI=1S/C11H9BrN2O4/c1-2-18-11(15)10-8(6-13)3-7(5-12)4-9(10)14(16)17/h3-4H,2,5H2,1H3. The summed E-state index contributed by atoms with van der Waals surface area (Å²) in [6.07, 6.45) is 0. The molecule has 0 atom stereocenters. The molecule has 0 bridgehead atoms. The molecule has 0 aromatic heterocycles. The molecule has 0 saturated carbocycles. The Hall–Kier alpha value is -1.94. The lowest BCUT2D eigenvalue weighted by molar-refractivity contribution is -0.385. The van der Waals surface area contributed by atoms with Gasteiger partial charge in [0.1, 0.15) is 6.07 Å². The highest BCUT2D eigenvalue weighted by atomic mass is 79.9. The summed E-state index contributed by atoms with van der Waals surface area (Å²) in [4.78, 5) is 21.9. The quantitative estimate of drug-likeness (QED) is 0.368. The second-order valence-corrected chi connectivity index (χ2v) is 3.82. The van der Waals surface area contributed by atoms with Crippen molar-refractivity contribution in [3.05, 3.63) is 38.9 Å². The number of carbonyl (C=O) groups excluding carboxylic acids is 1. The first kappa shape index (κ1) is 14.1. The van der Waals surface area contributed by atoms with E-state index in [1.807, 2.05) is 0 Å². The second-order valence-electron chi connectivity index (χ2n) is 3.26. The minimum atomic E-state index is -0.859. The summed E-state index contributed by atoms with van der Waals surface area (Å²) in [6, 6.07) is 4.46. The third-order valence-electron chi connectivity index (χ3n) is 2.13. The second kappa shape index (κ2) is 6.12. The summed E-state index contributed by atoms with van der Waals surface area (Å²) in [5, 5.41) is 20.3. The Kier molecular flexibility index (Phi) is 4.80. The summed E-state index contributed by atoms with van der Waals surface area (Å²) in [6.45, 7) is 1.67. The van der Waals surface area contributed by atoms with Gasteiger partial charge in [0.25, 0.3) is 5.69 Å². The molecule has 18 heavy (non-hydrogen) atoms. The van der Waals surface area contributed by atoms with Gasteiger partial charge in [0, 0.05) is 11.4 Å². The van der Waals surface area contributed by atoms with Crippen LogP contribution in [0.2, 0.25) is 0 Å². The van der Waals surface area contributed by atoms with Gasteiger partial charge < -0.3 is 4.74 Å². The molecule has 0 radical (unpaired) electrons. The Balaban J connectivity index is 3.50. The summed E-state index contributed by atoms with van der Waals surface area (Å²) < 4.78 is 4.73. The maximum atomic E-state index is 11.7. The molecule has 1 aromatic carbocycles. The number of rotatable bonds is 4. The van der Waals surface area contributed by atoms with Crippen molar-refractivity contribution >= 4 is 27.6 Å². The molecule has 0 fully saturated rings. The number of hydrogen-bond donors (Lipinski definition) is 0. The normalized spacial score (nSPS) is 9.61. The zero-order valence-corrected chi connectivity index (χ0v) is 11.1. The Morgan fingerprint density at radius 3 is 2.72 bits per heavy atom. The number of nitro groups is 1. The minimum Gasteiger partial charge on any atom is -0.462 e. The van der Waals surface area contributed by atoms with E-state index in [1.165, 1.54) is 12.1 Å². The van der Waals surface area contributed by atoms with Crippen LogP contribution in [-0.2, 0) is 10.1 Å². The molecule has 1 rings (SSSR count). The van der Waals surface area contributed by atoms with Crippen LogP contribution in [-0.4, -0.2) is 17.5 Å². The van der Waals surface area contributed by atoms with Crippen LogP contribution in [0.25, 0.3) is 0 Å². The number of benzene rings is 1. The van der Waals surface area contributed by atoms with Gasteiger partial charge in [0.05, 0.1) is 17.1 Å². The summed E-state index contributed by atoms with van der Waals surface area (Å²) >= 11 is 3.15. The highest BCUT2D eigenvalue weighted by Gasteiger charge is 2.26. The fourth-order valence-electron chi connectivity index (χ4n) is 1.41. The summed E-state index contributed by atoms with van der Waals surface area (Å²) in [7, 11) is 0. The third-order valence-corrected chi connectivity index (χ3v) is 2.78. The van der Waals surface area contributed by atoms with Crippen LogP contribution in [0.5, 0.6) is 0 Å². The zero-order chi connectivity index (χ0) is 13.7. The van der Waals surface area contributed by atoms with Gasteiger partial charge in [-0.15, -0.1) is 0 Å². The SMILES string of the molecule is CCOC(=O)c1c(C#N)cc(CBr)cc1[N+](=O)[O-]. The molecule has 0 amide bonds. The molecule has 0 N–H and O–H groups in total.